The lowest BCUT2D eigenvalue weighted by Crippen LogP contribution is -2.11. The Hall–Kier alpha value is -2.75. The Balaban J connectivity index is 1.53. The van der Waals surface area contributed by atoms with Crippen molar-refractivity contribution in [1.29, 1.82) is 0 Å². The van der Waals surface area contributed by atoms with Crippen molar-refractivity contribution >= 4 is 28.5 Å². The van der Waals surface area contributed by atoms with Gasteiger partial charge in [-0.25, -0.2) is 9.37 Å². The standard InChI is InChI=1S/C24H24FN3/c25-19-9-7-17(8-10-19)23-22(20-11-13-26-24-21(20)12-14-27-24)18(15-28-23)6-2-5-16-3-1-4-16/h7-16,18H,1-6H2,(H,26,27). The molecule has 28 heavy (non-hydrogen) atoms. The molecule has 3 aromatic rings. The zero-order chi connectivity index (χ0) is 18.9. The average molecular weight is 373 g/mol. The first-order valence-corrected chi connectivity index (χ1v) is 10.3. The molecule has 1 aliphatic carbocycles. The Morgan fingerprint density at radius 2 is 1.89 bits per heavy atom. The summed E-state index contributed by atoms with van der Waals surface area (Å²) in [5.41, 5.74) is 5.24. The first-order chi connectivity index (χ1) is 13.8. The predicted octanol–water partition coefficient (Wildman–Crippen LogP) is 6.24. The van der Waals surface area contributed by atoms with E-state index in [1.165, 1.54) is 55.4 Å². The maximum atomic E-state index is 13.5. The molecule has 1 N–H and O–H groups in total. The summed E-state index contributed by atoms with van der Waals surface area (Å²) < 4.78 is 13.5. The molecule has 0 amide bonds. The molecule has 4 heteroatoms. The number of rotatable bonds is 6. The maximum absolute atomic E-state index is 13.5. The molecule has 0 spiro atoms. The van der Waals surface area contributed by atoms with Crippen molar-refractivity contribution in [1.82, 2.24) is 9.97 Å². The minimum absolute atomic E-state index is 0.220. The second-order valence-corrected chi connectivity index (χ2v) is 7.98. The third kappa shape index (κ3) is 3.17. The van der Waals surface area contributed by atoms with E-state index in [9.17, 15) is 4.39 Å². The Kier molecular flexibility index (Phi) is 4.55. The van der Waals surface area contributed by atoms with Gasteiger partial charge in [-0.2, -0.15) is 0 Å². The Morgan fingerprint density at radius 3 is 2.68 bits per heavy atom. The number of aromatic nitrogens is 2. The van der Waals surface area contributed by atoms with Crippen molar-refractivity contribution in [2.45, 2.75) is 38.5 Å². The van der Waals surface area contributed by atoms with Crippen LogP contribution in [0.4, 0.5) is 4.39 Å². The Morgan fingerprint density at radius 1 is 1.04 bits per heavy atom. The van der Waals surface area contributed by atoms with Gasteiger partial charge in [-0.3, -0.25) is 4.99 Å². The first-order valence-electron chi connectivity index (χ1n) is 10.3. The molecule has 2 aliphatic rings. The number of hydrogen-bond acceptors (Lipinski definition) is 2. The molecule has 3 heterocycles. The summed E-state index contributed by atoms with van der Waals surface area (Å²) in [5.74, 6) is 1.00. The monoisotopic (exact) mass is 373 g/mol. The topological polar surface area (TPSA) is 41.0 Å². The minimum Gasteiger partial charge on any atom is -0.346 e. The molecule has 1 aliphatic heterocycles. The number of aliphatic imine (C=N–C) groups is 1. The van der Waals surface area contributed by atoms with Crippen molar-refractivity contribution in [2.24, 2.45) is 16.8 Å². The van der Waals surface area contributed by atoms with Crippen LogP contribution in [-0.4, -0.2) is 16.2 Å². The number of aromatic amines is 1. The van der Waals surface area contributed by atoms with Gasteiger partial charge in [0.15, 0.2) is 0 Å². The number of nitrogens with zero attached hydrogens (tertiary/aromatic N) is 2. The predicted molar refractivity (Wildman–Crippen MR) is 112 cm³/mol. The van der Waals surface area contributed by atoms with E-state index in [2.05, 4.69) is 28.3 Å². The summed E-state index contributed by atoms with van der Waals surface area (Å²) in [4.78, 5) is 12.5. The van der Waals surface area contributed by atoms with E-state index in [4.69, 9.17) is 4.99 Å². The van der Waals surface area contributed by atoms with Crippen LogP contribution < -0.4 is 0 Å². The maximum Gasteiger partial charge on any atom is 0.137 e. The lowest BCUT2D eigenvalue weighted by Gasteiger charge is -2.25. The summed E-state index contributed by atoms with van der Waals surface area (Å²) in [6.07, 6.45) is 13.7. The smallest absolute Gasteiger partial charge is 0.137 e. The van der Waals surface area contributed by atoms with Crippen LogP contribution in [0.1, 0.15) is 49.7 Å². The third-order valence-corrected chi connectivity index (χ3v) is 6.23. The van der Waals surface area contributed by atoms with E-state index >= 15 is 0 Å². The van der Waals surface area contributed by atoms with Crippen LogP contribution in [-0.2, 0) is 0 Å². The molecule has 0 bridgehead atoms. The molecule has 142 valence electrons. The second-order valence-electron chi connectivity index (χ2n) is 7.98. The van der Waals surface area contributed by atoms with E-state index in [1.54, 1.807) is 0 Å². The Bertz CT molecular complexity index is 1040. The number of fused-ring (bicyclic) bond motifs is 1. The van der Waals surface area contributed by atoms with Crippen LogP contribution >= 0.6 is 0 Å². The fraction of sp³-hybridized carbons (Fsp3) is 0.333. The minimum atomic E-state index is -0.220. The number of hydrogen-bond donors (Lipinski definition) is 1. The van der Waals surface area contributed by atoms with Crippen LogP contribution in [0.15, 0.2) is 53.8 Å². The third-order valence-electron chi connectivity index (χ3n) is 6.23. The van der Waals surface area contributed by atoms with Gasteiger partial charge in [-0.1, -0.05) is 32.1 Å². The van der Waals surface area contributed by atoms with Crippen LogP contribution in [0.2, 0.25) is 0 Å². The number of nitrogens with one attached hydrogen (secondary N) is 1. The lowest BCUT2D eigenvalue weighted by molar-refractivity contribution is 0.286. The van der Waals surface area contributed by atoms with Gasteiger partial charge in [0.25, 0.3) is 0 Å². The van der Waals surface area contributed by atoms with Gasteiger partial charge in [-0.05, 0) is 59.9 Å². The van der Waals surface area contributed by atoms with Gasteiger partial charge < -0.3 is 4.98 Å². The van der Waals surface area contributed by atoms with Gasteiger partial charge in [0.2, 0.25) is 0 Å². The van der Waals surface area contributed by atoms with Gasteiger partial charge in [0.05, 0.1) is 5.70 Å². The molecule has 5 rings (SSSR count). The van der Waals surface area contributed by atoms with Crippen molar-refractivity contribution in [3.05, 3.63) is 65.7 Å². The first kappa shape index (κ1) is 17.4. The SMILES string of the molecule is Fc1ccc(C2=C(c3ccnc4[nH]ccc34)C(CCCC3CCC3)C=N2)cc1. The van der Waals surface area contributed by atoms with Crippen molar-refractivity contribution in [2.75, 3.05) is 0 Å². The second kappa shape index (κ2) is 7.34. The van der Waals surface area contributed by atoms with Crippen LogP contribution in [0.5, 0.6) is 0 Å². The summed E-state index contributed by atoms with van der Waals surface area (Å²) in [5, 5.41) is 1.12. The highest BCUT2D eigenvalue weighted by atomic mass is 19.1. The molecule has 0 saturated heterocycles. The van der Waals surface area contributed by atoms with Crippen molar-refractivity contribution in [3.63, 3.8) is 0 Å². The van der Waals surface area contributed by atoms with E-state index in [0.29, 0.717) is 5.92 Å². The summed E-state index contributed by atoms with van der Waals surface area (Å²) in [6, 6.07) is 10.8. The molecule has 1 aromatic carbocycles. The van der Waals surface area contributed by atoms with Crippen LogP contribution in [0.25, 0.3) is 22.3 Å². The van der Waals surface area contributed by atoms with Gasteiger partial charge in [-0.15, -0.1) is 0 Å². The number of H-pyrrole nitrogens is 1. The van der Waals surface area contributed by atoms with E-state index in [1.807, 2.05) is 24.5 Å². The van der Waals surface area contributed by atoms with Crippen LogP contribution in [0.3, 0.4) is 0 Å². The van der Waals surface area contributed by atoms with Gasteiger partial charge in [0.1, 0.15) is 11.5 Å². The molecule has 1 unspecified atom stereocenters. The molecule has 1 saturated carbocycles. The Labute approximate surface area is 164 Å². The normalized spacial score (nSPS) is 19.5. The number of halogens is 1. The molecule has 2 aromatic heterocycles. The zero-order valence-corrected chi connectivity index (χ0v) is 15.9. The van der Waals surface area contributed by atoms with E-state index in [0.717, 1.165) is 34.6 Å². The van der Waals surface area contributed by atoms with Crippen LogP contribution in [0, 0.1) is 17.7 Å². The van der Waals surface area contributed by atoms with Crippen molar-refractivity contribution in [3.8, 4) is 0 Å². The van der Waals surface area contributed by atoms with E-state index in [-0.39, 0.29) is 5.82 Å². The number of pyridine rings is 1. The van der Waals surface area contributed by atoms with Gasteiger partial charge in [0, 0.05) is 35.5 Å². The number of benzene rings is 1. The highest BCUT2D eigenvalue weighted by molar-refractivity contribution is 6.08. The molecule has 0 radical (unpaired) electrons. The quantitative estimate of drug-likeness (QED) is 0.546. The van der Waals surface area contributed by atoms with E-state index < -0.39 is 0 Å². The van der Waals surface area contributed by atoms with Crippen molar-refractivity contribution < 1.29 is 4.39 Å². The summed E-state index contributed by atoms with van der Waals surface area (Å²) in [6.45, 7) is 0. The fourth-order valence-corrected chi connectivity index (χ4v) is 4.47. The molecule has 1 atom stereocenters. The van der Waals surface area contributed by atoms with Gasteiger partial charge >= 0.3 is 0 Å². The lowest BCUT2D eigenvalue weighted by atomic mass is 9.80. The zero-order valence-electron chi connectivity index (χ0n) is 15.9. The summed E-state index contributed by atoms with van der Waals surface area (Å²) in [7, 11) is 0. The average Bonchev–Trinajstić information content (AvgIpc) is 3.31. The highest BCUT2D eigenvalue weighted by Gasteiger charge is 2.27. The molecule has 3 nitrogen and oxygen atoms in total. The molecule has 1 fully saturated rings. The number of allylic oxidation sites excluding steroid dienone is 1. The largest absolute Gasteiger partial charge is 0.346 e. The fourth-order valence-electron chi connectivity index (χ4n) is 4.47. The summed E-state index contributed by atoms with van der Waals surface area (Å²) >= 11 is 0. The molecular formula is C24H24FN3. The molecular weight excluding hydrogens is 349 g/mol. The highest BCUT2D eigenvalue weighted by Crippen LogP contribution is 2.42.